The lowest BCUT2D eigenvalue weighted by Crippen LogP contribution is -1.99. The Balaban J connectivity index is 2.52. The van der Waals surface area contributed by atoms with Gasteiger partial charge in [-0.05, 0) is 18.4 Å². The molecule has 50 valence electrons. The topological polar surface area (TPSA) is 0 Å². The minimum atomic E-state index is 0.474. The second-order valence-electron chi connectivity index (χ2n) is 2.67. The van der Waals surface area contributed by atoms with E-state index in [0.717, 1.165) is 0 Å². The van der Waals surface area contributed by atoms with E-state index in [1.165, 1.54) is 18.4 Å². The van der Waals surface area contributed by atoms with Gasteiger partial charge in [0, 0.05) is 5.41 Å². The van der Waals surface area contributed by atoms with E-state index in [-0.39, 0.29) is 0 Å². The van der Waals surface area contributed by atoms with Crippen LogP contribution in [0.5, 0.6) is 0 Å². The highest BCUT2D eigenvalue weighted by Gasteiger charge is 2.37. The molecule has 0 aromatic rings. The fraction of sp³-hybridized carbons (Fsp3) is 0.556. The minimum absolute atomic E-state index is 0.474. The molecule has 0 atom stereocenters. The van der Waals surface area contributed by atoms with Gasteiger partial charge in [-0.15, -0.1) is 0 Å². The Morgan fingerprint density at radius 2 is 2.11 bits per heavy atom. The van der Waals surface area contributed by atoms with Crippen molar-refractivity contribution < 1.29 is 0 Å². The van der Waals surface area contributed by atoms with Crippen LogP contribution in [0, 0.1) is 5.41 Å². The number of hydrogen-bond acceptors (Lipinski definition) is 0. The van der Waals surface area contributed by atoms with Crippen molar-refractivity contribution in [3.63, 3.8) is 0 Å². The van der Waals surface area contributed by atoms with E-state index in [1.807, 2.05) is 6.08 Å². The second kappa shape index (κ2) is 2.02. The van der Waals surface area contributed by atoms with Crippen molar-refractivity contribution in [1.82, 2.24) is 0 Å². The fourth-order valence-corrected chi connectivity index (χ4v) is 1.39. The van der Waals surface area contributed by atoms with Crippen molar-refractivity contribution >= 4 is 0 Å². The van der Waals surface area contributed by atoms with Crippen LogP contribution < -0.4 is 0 Å². The lowest BCUT2D eigenvalue weighted by atomic mass is 9.94. The third-order valence-electron chi connectivity index (χ3n) is 2.41. The molecule has 0 N–H and O–H groups in total. The fourth-order valence-electron chi connectivity index (χ4n) is 1.39. The highest BCUT2D eigenvalue weighted by atomic mass is 14.4. The SMILES string of the molecule is C=CC1=CC1(CC)CC. The average Bonchev–Trinajstić information content (AvgIpc) is 2.63. The van der Waals surface area contributed by atoms with Gasteiger partial charge in [-0.1, -0.05) is 32.6 Å². The summed E-state index contributed by atoms with van der Waals surface area (Å²) in [7, 11) is 0. The summed E-state index contributed by atoms with van der Waals surface area (Å²) >= 11 is 0. The van der Waals surface area contributed by atoms with Gasteiger partial charge in [0.25, 0.3) is 0 Å². The van der Waals surface area contributed by atoms with Gasteiger partial charge in [0.15, 0.2) is 0 Å². The van der Waals surface area contributed by atoms with Gasteiger partial charge in [0.2, 0.25) is 0 Å². The first-order valence-electron chi connectivity index (χ1n) is 3.65. The van der Waals surface area contributed by atoms with Crippen LogP contribution >= 0.6 is 0 Å². The first-order valence-corrected chi connectivity index (χ1v) is 3.65. The molecule has 0 aliphatic heterocycles. The van der Waals surface area contributed by atoms with E-state index in [9.17, 15) is 0 Å². The molecule has 0 saturated heterocycles. The van der Waals surface area contributed by atoms with Crippen molar-refractivity contribution in [3.8, 4) is 0 Å². The molecule has 0 amide bonds. The molecule has 0 bridgehead atoms. The number of hydrogen-bond donors (Lipinski definition) is 0. The summed E-state index contributed by atoms with van der Waals surface area (Å²) in [5, 5.41) is 0. The molecule has 0 unspecified atom stereocenters. The molecule has 1 aliphatic rings. The maximum Gasteiger partial charge on any atom is 0.0130 e. The maximum absolute atomic E-state index is 3.75. The van der Waals surface area contributed by atoms with Crippen molar-refractivity contribution in [2.24, 2.45) is 5.41 Å². The molecule has 0 spiro atoms. The summed E-state index contributed by atoms with van der Waals surface area (Å²) in [5.74, 6) is 0. The van der Waals surface area contributed by atoms with Crippen LogP contribution in [-0.4, -0.2) is 0 Å². The Morgan fingerprint density at radius 1 is 1.56 bits per heavy atom. The van der Waals surface area contributed by atoms with E-state index in [4.69, 9.17) is 0 Å². The summed E-state index contributed by atoms with van der Waals surface area (Å²) in [5.41, 5.74) is 1.93. The molecular weight excluding hydrogens is 108 g/mol. The Labute approximate surface area is 57.3 Å². The standard InChI is InChI=1S/C9H14/c1-4-8-7-9(8,5-2)6-3/h4,7H,1,5-6H2,2-3H3. The monoisotopic (exact) mass is 122 g/mol. The van der Waals surface area contributed by atoms with Gasteiger partial charge in [0.1, 0.15) is 0 Å². The van der Waals surface area contributed by atoms with Crippen LogP contribution in [0.15, 0.2) is 24.3 Å². The largest absolute Gasteiger partial charge is 0.0988 e. The van der Waals surface area contributed by atoms with Crippen molar-refractivity contribution in [1.29, 1.82) is 0 Å². The normalized spacial score (nSPS) is 20.9. The van der Waals surface area contributed by atoms with E-state index in [2.05, 4.69) is 26.5 Å². The number of rotatable bonds is 3. The predicted molar refractivity (Wildman–Crippen MR) is 41.3 cm³/mol. The van der Waals surface area contributed by atoms with Crippen LogP contribution in [0.4, 0.5) is 0 Å². The smallest absolute Gasteiger partial charge is 0.0130 e. The summed E-state index contributed by atoms with van der Waals surface area (Å²) in [4.78, 5) is 0. The van der Waals surface area contributed by atoms with Gasteiger partial charge in [-0.3, -0.25) is 0 Å². The zero-order valence-corrected chi connectivity index (χ0v) is 6.28. The van der Waals surface area contributed by atoms with Gasteiger partial charge in [-0.2, -0.15) is 0 Å². The molecule has 1 aliphatic carbocycles. The lowest BCUT2D eigenvalue weighted by molar-refractivity contribution is 0.517. The van der Waals surface area contributed by atoms with Crippen LogP contribution in [0.1, 0.15) is 26.7 Å². The van der Waals surface area contributed by atoms with Gasteiger partial charge < -0.3 is 0 Å². The predicted octanol–water partition coefficient (Wildman–Crippen LogP) is 2.92. The summed E-state index contributed by atoms with van der Waals surface area (Å²) in [6.07, 6.45) is 6.78. The molecule has 0 nitrogen and oxygen atoms in total. The van der Waals surface area contributed by atoms with Gasteiger partial charge in [-0.25, -0.2) is 0 Å². The quantitative estimate of drug-likeness (QED) is 0.540. The Kier molecular flexibility index (Phi) is 1.48. The van der Waals surface area contributed by atoms with Gasteiger partial charge in [0.05, 0.1) is 0 Å². The average molecular weight is 122 g/mol. The molecule has 0 fully saturated rings. The molecule has 0 heterocycles. The first kappa shape index (κ1) is 6.60. The molecule has 9 heavy (non-hydrogen) atoms. The molecule has 0 saturated carbocycles. The highest BCUT2D eigenvalue weighted by molar-refractivity contribution is 5.45. The minimum Gasteiger partial charge on any atom is -0.0988 e. The lowest BCUT2D eigenvalue weighted by Gasteiger charge is -2.10. The van der Waals surface area contributed by atoms with Gasteiger partial charge >= 0.3 is 0 Å². The van der Waals surface area contributed by atoms with Crippen molar-refractivity contribution in [2.75, 3.05) is 0 Å². The third-order valence-corrected chi connectivity index (χ3v) is 2.41. The molecule has 1 rings (SSSR count). The van der Waals surface area contributed by atoms with Crippen molar-refractivity contribution in [3.05, 3.63) is 24.3 Å². The summed E-state index contributed by atoms with van der Waals surface area (Å²) in [6.45, 7) is 8.21. The molecule has 0 aromatic heterocycles. The van der Waals surface area contributed by atoms with E-state index in [0.29, 0.717) is 5.41 Å². The highest BCUT2D eigenvalue weighted by Crippen LogP contribution is 2.50. The summed E-state index contributed by atoms with van der Waals surface area (Å²) < 4.78 is 0. The summed E-state index contributed by atoms with van der Waals surface area (Å²) in [6, 6.07) is 0. The third kappa shape index (κ3) is 0.827. The van der Waals surface area contributed by atoms with Crippen LogP contribution in [0.25, 0.3) is 0 Å². The first-order chi connectivity index (χ1) is 4.29. The molecule has 0 aromatic carbocycles. The van der Waals surface area contributed by atoms with E-state index < -0.39 is 0 Å². The van der Waals surface area contributed by atoms with E-state index in [1.54, 1.807) is 0 Å². The zero-order chi connectivity index (χ0) is 6.91. The molecule has 0 radical (unpaired) electrons. The maximum atomic E-state index is 3.75. The van der Waals surface area contributed by atoms with Crippen LogP contribution in [0.2, 0.25) is 0 Å². The number of allylic oxidation sites excluding steroid dienone is 3. The van der Waals surface area contributed by atoms with Crippen molar-refractivity contribution in [2.45, 2.75) is 26.7 Å². The van der Waals surface area contributed by atoms with Crippen LogP contribution in [0.3, 0.4) is 0 Å². The van der Waals surface area contributed by atoms with Crippen LogP contribution in [-0.2, 0) is 0 Å². The second-order valence-corrected chi connectivity index (χ2v) is 2.67. The molecule has 0 heteroatoms. The Morgan fingerprint density at radius 3 is 2.22 bits per heavy atom. The Hall–Kier alpha value is -0.520. The Bertz CT molecular complexity index is 147. The molecular formula is C9H14. The van der Waals surface area contributed by atoms with E-state index >= 15 is 0 Å². The zero-order valence-electron chi connectivity index (χ0n) is 6.28.